The molecule has 3 aromatic carbocycles. The first-order chi connectivity index (χ1) is 17.6. The Labute approximate surface area is 207 Å². The van der Waals surface area contributed by atoms with Gasteiger partial charge in [-0.1, -0.05) is 24.3 Å². The van der Waals surface area contributed by atoms with Crippen molar-refractivity contribution in [1.82, 2.24) is 15.2 Å². The molecule has 0 saturated carbocycles. The highest BCUT2D eigenvalue weighted by Crippen LogP contribution is 2.39. The largest absolute Gasteiger partial charge is 0.419 e. The summed E-state index contributed by atoms with van der Waals surface area (Å²) in [4.78, 5) is 17.1. The van der Waals surface area contributed by atoms with E-state index in [1.54, 1.807) is 24.5 Å². The van der Waals surface area contributed by atoms with Crippen LogP contribution in [0.4, 0.5) is 39.5 Å². The molecule has 7 nitrogen and oxygen atoms in total. The number of fused-ring (bicyclic) bond motifs is 1. The number of hydrogen-bond acceptors (Lipinski definition) is 4. The van der Waals surface area contributed by atoms with Crippen LogP contribution in [0.15, 0.2) is 79.1 Å². The number of alkyl halides is 3. The lowest BCUT2D eigenvalue weighted by atomic mass is 9.96. The first-order valence-electron chi connectivity index (χ1n) is 10.9. The Balaban J connectivity index is 1.56. The molecule has 0 aliphatic rings. The summed E-state index contributed by atoms with van der Waals surface area (Å²) in [6, 6.07) is 15.1. The zero-order valence-electron chi connectivity index (χ0n) is 18.9. The van der Waals surface area contributed by atoms with E-state index in [4.69, 9.17) is 11.5 Å². The first kappa shape index (κ1) is 23.8. The number of nitrogens with zero attached hydrogens (tertiary/aromatic N) is 3. The second kappa shape index (κ2) is 8.94. The summed E-state index contributed by atoms with van der Waals surface area (Å²) in [5.74, 6) is -1.16. The number of aromatic nitrogens is 3. The fourth-order valence-corrected chi connectivity index (χ4v) is 4.23. The summed E-state index contributed by atoms with van der Waals surface area (Å²) < 4.78 is 53.4. The summed E-state index contributed by atoms with van der Waals surface area (Å²) in [6.07, 6.45) is -1.58. The maximum Gasteiger partial charge on any atom is 0.419 e. The molecule has 11 heteroatoms. The average Bonchev–Trinajstić information content (AvgIpc) is 3.26. The van der Waals surface area contributed by atoms with Crippen LogP contribution in [-0.4, -0.2) is 21.2 Å². The Hall–Kier alpha value is -4.93. The number of nitrogen functional groups attached to an aromatic ring is 1. The zero-order chi connectivity index (χ0) is 26.3. The number of aromatic amines is 1. The lowest BCUT2D eigenvalue weighted by molar-refractivity contribution is -0.139. The van der Waals surface area contributed by atoms with Crippen molar-refractivity contribution in [1.29, 1.82) is 0 Å². The number of nitrogens with two attached hydrogens (primary N) is 2. The minimum atomic E-state index is -4.94. The Morgan fingerprint density at radius 3 is 2.14 bits per heavy atom. The minimum Gasteiger partial charge on any atom is -0.382 e. The maximum atomic E-state index is 13.8. The quantitative estimate of drug-likeness (QED) is 0.250. The summed E-state index contributed by atoms with van der Waals surface area (Å²) in [5, 5.41) is 7.81. The van der Waals surface area contributed by atoms with Crippen LogP contribution in [-0.2, 0) is 6.18 Å². The molecule has 2 aromatic heterocycles. The Morgan fingerprint density at radius 1 is 0.865 bits per heavy atom. The van der Waals surface area contributed by atoms with Crippen molar-refractivity contribution in [3.05, 3.63) is 90.5 Å². The van der Waals surface area contributed by atoms with E-state index >= 15 is 0 Å². The van der Waals surface area contributed by atoms with Crippen molar-refractivity contribution < 1.29 is 22.4 Å². The standard InChI is InChI=1S/C26H18F4N6O/c27-21-8-5-17(13-20(21)26(28,29)30)36(25(32)37)16-3-1-14(2-4-16)18-6-7-19(15-9-11-33-12-10-15)23-22(18)24(31)35-34-23/h1-13H,(H2,32,37)(H3,31,34,35). The summed E-state index contributed by atoms with van der Waals surface area (Å²) >= 11 is 0. The number of carbonyl (C=O) groups excluding carboxylic acids is 1. The number of rotatable bonds is 4. The van der Waals surface area contributed by atoms with Gasteiger partial charge in [-0.2, -0.15) is 18.3 Å². The molecule has 186 valence electrons. The molecule has 0 spiro atoms. The van der Waals surface area contributed by atoms with Gasteiger partial charge in [-0.05, 0) is 59.2 Å². The minimum absolute atomic E-state index is 0.195. The van der Waals surface area contributed by atoms with Gasteiger partial charge >= 0.3 is 12.2 Å². The van der Waals surface area contributed by atoms with Crippen LogP contribution < -0.4 is 16.4 Å². The van der Waals surface area contributed by atoms with Crippen LogP contribution in [0.5, 0.6) is 0 Å². The average molecular weight is 506 g/mol. The van der Waals surface area contributed by atoms with Crippen molar-refractivity contribution in [3.8, 4) is 22.3 Å². The van der Waals surface area contributed by atoms with Gasteiger partial charge in [-0.15, -0.1) is 0 Å². The van der Waals surface area contributed by atoms with Crippen molar-refractivity contribution >= 4 is 34.1 Å². The van der Waals surface area contributed by atoms with Crippen LogP contribution in [0.2, 0.25) is 0 Å². The first-order valence-corrected chi connectivity index (χ1v) is 10.9. The number of benzene rings is 3. The molecule has 5 aromatic rings. The highest BCUT2D eigenvalue weighted by Gasteiger charge is 2.35. The molecule has 37 heavy (non-hydrogen) atoms. The Kier molecular flexibility index (Phi) is 5.75. The van der Waals surface area contributed by atoms with E-state index in [1.165, 1.54) is 12.1 Å². The molecule has 0 atom stereocenters. The van der Waals surface area contributed by atoms with Crippen molar-refractivity contribution in [2.75, 3.05) is 10.6 Å². The molecule has 5 rings (SSSR count). The molecule has 0 saturated heterocycles. The van der Waals surface area contributed by atoms with Gasteiger partial charge in [0.1, 0.15) is 5.82 Å². The molecular formula is C26H18F4N6O. The van der Waals surface area contributed by atoms with Crippen molar-refractivity contribution in [3.63, 3.8) is 0 Å². The molecule has 0 aliphatic heterocycles. The number of H-pyrrole nitrogens is 1. The summed E-state index contributed by atoms with van der Waals surface area (Å²) in [5.41, 5.74) is 14.1. The lowest BCUT2D eigenvalue weighted by Gasteiger charge is -2.22. The van der Waals surface area contributed by atoms with Gasteiger partial charge < -0.3 is 11.5 Å². The number of carbonyl (C=O) groups is 1. The van der Waals surface area contributed by atoms with Gasteiger partial charge in [0.15, 0.2) is 5.82 Å². The number of amides is 2. The molecule has 0 unspecified atom stereocenters. The van der Waals surface area contributed by atoms with Crippen LogP contribution >= 0.6 is 0 Å². The van der Waals surface area contributed by atoms with Gasteiger partial charge in [0, 0.05) is 18.0 Å². The van der Waals surface area contributed by atoms with E-state index in [-0.39, 0.29) is 17.2 Å². The number of nitrogens with one attached hydrogen (secondary N) is 1. The molecule has 5 N–H and O–H groups in total. The zero-order valence-corrected chi connectivity index (χ0v) is 18.9. The third kappa shape index (κ3) is 4.31. The predicted molar refractivity (Wildman–Crippen MR) is 132 cm³/mol. The number of halogens is 4. The Morgan fingerprint density at radius 2 is 1.49 bits per heavy atom. The fourth-order valence-electron chi connectivity index (χ4n) is 4.23. The van der Waals surface area contributed by atoms with Crippen molar-refractivity contribution in [2.24, 2.45) is 5.73 Å². The molecule has 0 fully saturated rings. The van der Waals surface area contributed by atoms with Crippen molar-refractivity contribution in [2.45, 2.75) is 6.18 Å². The van der Waals surface area contributed by atoms with Crippen LogP contribution in [0.3, 0.4) is 0 Å². The molecule has 0 bridgehead atoms. The van der Waals surface area contributed by atoms with Crippen LogP contribution in [0.1, 0.15) is 5.56 Å². The van der Waals surface area contributed by atoms with E-state index in [2.05, 4.69) is 15.2 Å². The second-order valence-corrected chi connectivity index (χ2v) is 8.14. The van der Waals surface area contributed by atoms with E-state index in [9.17, 15) is 22.4 Å². The SMILES string of the molecule is NC(=O)N(c1ccc(-c2ccc(-c3ccncc3)c3[nH]nc(N)c23)cc1)c1ccc(F)c(C(F)(F)F)c1. The number of primary amides is 1. The molecule has 0 radical (unpaired) electrons. The van der Waals surface area contributed by atoms with Gasteiger partial charge in [-0.3, -0.25) is 15.0 Å². The highest BCUT2D eigenvalue weighted by molar-refractivity contribution is 6.08. The van der Waals surface area contributed by atoms with Crippen LogP contribution in [0, 0.1) is 5.82 Å². The summed E-state index contributed by atoms with van der Waals surface area (Å²) in [7, 11) is 0. The van der Waals surface area contributed by atoms with E-state index < -0.39 is 23.6 Å². The highest BCUT2D eigenvalue weighted by atomic mass is 19.4. The Bertz CT molecular complexity index is 1610. The predicted octanol–water partition coefficient (Wildman–Crippen LogP) is 6.25. The number of pyridine rings is 1. The smallest absolute Gasteiger partial charge is 0.382 e. The van der Waals surface area contributed by atoms with E-state index in [0.717, 1.165) is 33.2 Å². The lowest BCUT2D eigenvalue weighted by Crippen LogP contribution is -2.31. The van der Waals surface area contributed by atoms with E-state index in [0.29, 0.717) is 23.1 Å². The maximum absolute atomic E-state index is 13.8. The van der Waals surface area contributed by atoms with E-state index in [1.807, 2.05) is 24.3 Å². The number of hydrogen-bond donors (Lipinski definition) is 3. The second-order valence-electron chi connectivity index (χ2n) is 8.14. The third-order valence-electron chi connectivity index (χ3n) is 5.91. The fraction of sp³-hybridized carbons (Fsp3) is 0.0385. The molecule has 2 amide bonds. The van der Waals surface area contributed by atoms with Crippen LogP contribution in [0.25, 0.3) is 33.2 Å². The molecule has 0 aliphatic carbocycles. The van der Waals surface area contributed by atoms with Gasteiger partial charge in [0.2, 0.25) is 0 Å². The van der Waals surface area contributed by atoms with Gasteiger partial charge in [-0.25, -0.2) is 9.18 Å². The summed E-state index contributed by atoms with van der Waals surface area (Å²) in [6.45, 7) is 0. The topological polar surface area (TPSA) is 114 Å². The number of urea groups is 1. The number of anilines is 3. The monoisotopic (exact) mass is 506 g/mol. The van der Waals surface area contributed by atoms with Gasteiger partial charge in [0.05, 0.1) is 27.8 Å². The normalized spacial score (nSPS) is 11.6. The van der Waals surface area contributed by atoms with Gasteiger partial charge in [0.25, 0.3) is 0 Å². The molecule has 2 heterocycles. The third-order valence-corrected chi connectivity index (χ3v) is 5.91. The molecular weight excluding hydrogens is 488 g/mol.